The van der Waals surface area contributed by atoms with Crippen molar-refractivity contribution >= 4 is 21.6 Å². The molecule has 0 unspecified atom stereocenters. The van der Waals surface area contributed by atoms with Gasteiger partial charge in [-0.05, 0) is 18.2 Å². The number of hydrogen-bond donors (Lipinski definition) is 0. The minimum absolute atomic E-state index is 0.00783. The molecule has 0 aliphatic rings. The Hall–Kier alpha value is -1.59. The van der Waals surface area contributed by atoms with E-state index in [9.17, 15) is 4.39 Å². The van der Waals surface area contributed by atoms with E-state index >= 15 is 0 Å². The molecule has 3 nitrogen and oxygen atoms in total. The summed E-state index contributed by atoms with van der Waals surface area (Å²) in [5.41, 5.74) is 0.265. The van der Waals surface area contributed by atoms with Crippen LogP contribution in [0.15, 0.2) is 22.7 Å². The summed E-state index contributed by atoms with van der Waals surface area (Å²) in [5, 5.41) is 17.1. The van der Waals surface area contributed by atoms with Gasteiger partial charge >= 0.3 is 0 Å². The molecule has 0 bridgehead atoms. The lowest BCUT2D eigenvalue weighted by molar-refractivity contribution is 0.622. The number of nitrogens with zero attached hydrogens (tertiary/aromatic N) is 3. The molecule has 0 N–H and O–H groups in total. The molecule has 0 aliphatic carbocycles. The highest BCUT2D eigenvalue weighted by Crippen LogP contribution is 2.22. The van der Waals surface area contributed by atoms with Crippen molar-refractivity contribution < 1.29 is 4.39 Å². The highest BCUT2D eigenvalue weighted by Gasteiger charge is 2.10. The van der Waals surface area contributed by atoms with Crippen molar-refractivity contribution in [3.63, 3.8) is 0 Å². The first-order valence-electron chi connectivity index (χ1n) is 4.13. The molecular weight excluding hydrogens is 261 g/mol. The summed E-state index contributed by atoms with van der Waals surface area (Å²) in [4.78, 5) is 1.38. The number of benzene rings is 1. The maximum atomic E-state index is 13.5. The van der Waals surface area contributed by atoms with Crippen molar-refractivity contribution in [3.05, 3.63) is 28.5 Å². The predicted octanol–water partition coefficient (Wildman–Crippen LogP) is 2.44. The molecule has 15 heavy (non-hydrogen) atoms. The van der Waals surface area contributed by atoms with E-state index in [1.54, 1.807) is 6.07 Å². The first-order valence-corrected chi connectivity index (χ1v) is 4.92. The Morgan fingerprint density at radius 1 is 1.27 bits per heavy atom. The third-order valence-corrected chi connectivity index (χ3v) is 2.27. The third kappa shape index (κ3) is 2.93. The number of anilines is 1. The predicted molar refractivity (Wildman–Crippen MR) is 57.5 cm³/mol. The van der Waals surface area contributed by atoms with E-state index in [2.05, 4.69) is 15.9 Å². The van der Waals surface area contributed by atoms with Gasteiger partial charge in [-0.2, -0.15) is 10.5 Å². The van der Waals surface area contributed by atoms with Gasteiger partial charge in [0.15, 0.2) is 0 Å². The maximum Gasteiger partial charge on any atom is 0.147 e. The largest absolute Gasteiger partial charge is 0.343 e. The Morgan fingerprint density at radius 2 is 1.87 bits per heavy atom. The minimum atomic E-state index is -0.449. The third-order valence-electron chi connectivity index (χ3n) is 1.77. The Bertz CT molecular complexity index is 417. The molecule has 0 spiro atoms. The fourth-order valence-electron chi connectivity index (χ4n) is 1.13. The van der Waals surface area contributed by atoms with E-state index in [1.807, 2.05) is 12.1 Å². The lowest BCUT2D eigenvalue weighted by Gasteiger charge is -2.18. The Balaban J connectivity index is 3.02. The second-order valence-corrected chi connectivity index (χ2v) is 3.68. The Kier molecular flexibility index (Phi) is 4.08. The van der Waals surface area contributed by atoms with Gasteiger partial charge < -0.3 is 4.90 Å². The molecule has 5 heteroatoms. The van der Waals surface area contributed by atoms with Gasteiger partial charge in [-0.1, -0.05) is 15.9 Å². The molecule has 0 aliphatic heterocycles. The van der Waals surface area contributed by atoms with Crippen LogP contribution in [0, 0.1) is 28.5 Å². The summed E-state index contributed by atoms with van der Waals surface area (Å²) in [5.74, 6) is -0.449. The van der Waals surface area contributed by atoms with Crippen LogP contribution in [0.3, 0.4) is 0 Å². The van der Waals surface area contributed by atoms with Crippen LogP contribution in [0.1, 0.15) is 0 Å². The molecule has 76 valence electrons. The second-order valence-electron chi connectivity index (χ2n) is 2.77. The van der Waals surface area contributed by atoms with E-state index in [0.29, 0.717) is 4.47 Å². The summed E-state index contributed by atoms with van der Waals surface area (Å²) in [7, 11) is 0. The summed E-state index contributed by atoms with van der Waals surface area (Å²) in [6.07, 6.45) is 0. The van der Waals surface area contributed by atoms with Crippen LogP contribution >= 0.6 is 15.9 Å². The van der Waals surface area contributed by atoms with Crippen molar-refractivity contribution in [3.8, 4) is 12.1 Å². The van der Waals surface area contributed by atoms with Crippen molar-refractivity contribution in [1.82, 2.24) is 0 Å². The number of halogens is 2. The molecule has 1 aromatic rings. The van der Waals surface area contributed by atoms with Crippen LogP contribution in [-0.4, -0.2) is 13.1 Å². The molecule has 0 saturated carbocycles. The van der Waals surface area contributed by atoms with Crippen LogP contribution in [-0.2, 0) is 0 Å². The van der Waals surface area contributed by atoms with Gasteiger partial charge in [0.25, 0.3) is 0 Å². The first-order chi connectivity index (χ1) is 7.19. The first kappa shape index (κ1) is 11.5. The number of hydrogen-bond acceptors (Lipinski definition) is 3. The van der Waals surface area contributed by atoms with Gasteiger partial charge in [0.05, 0.1) is 17.8 Å². The van der Waals surface area contributed by atoms with E-state index < -0.39 is 5.82 Å². The van der Waals surface area contributed by atoms with Gasteiger partial charge in [0.2, 0.25) is 0 Å². The molecule has 0 aromatic heterocycles. The Labute approximate surface area is 95.5 Å². The topological polar surface area (TPSA) is 50.8 Å². The number of nitriles is 2. The van der Waals surface area contributed by atoms with E-state index in [0.717, 1.165) is 0 Å². The van der Waals surface area contributed by atoms with Crippen molar-refractivity contribution in [2.24, 2.45) is 0 Å². The highest BCUT2D eigenvalue weighted by molar-refractivity contribution is 9.10. The lowest BCUT2D eigenvalue weighted by Crippen LogP contribution is -2.24. The molecule has 0 heterocycles. The zero-order chi connectivity index (χ0) is 11.3. The minimum Gasteiger partial charge on any atom is -0.343 e. The molecule has 0 amide bonds. The van der Waals surface area contributed by atoms with Gasteiger partial charge in [0, 0.05) is 4.47 Å². The Morgan fingerprint density at radius 3 is 2.33 bits per heavy atom. The normalized spacial score (nSPS) is 9.07. The smallest absolute Gasteiger partial charge is 0.147 e. The van der Waals surface area contributed by atoms with E-state index in [-0.39, 0.29) is 18.8 Å². The molecule has 1 rings (SSSR count). The van der Waals surface area contributed by atoms with Gasteiger partial charge in [0.1, 0.15) is 18.9 Å². The standard InChI is InChI=1S/C10H7BrFN3/c11-8-1-2-10(9(12)7-8)15(5-3-13)6-4-14/h1-2,7H,5-6H2. The van der Waals surface area contributed by atoms with Crippen molar-refractivity contribution in [1.29, 1.82) is 10.5 Å². The van der Waals surface area contributed by atoms with E-state index in [4.69, 9.17) is 10.5 Å². The monoisotopic (exact) mass is 267 g/mol. The zero-order valence-corrected chi connectivity index (χ0v) is 9.33. The van der Waals surface area contributed by atoms with Crippen LogP contribution in [0.2, 0.25) is 0 Å². The van der Waals surface area contributed by atoms with Gasteiger partial charge in [-0.3, -0.25) is 0 Å². The van der Waals surface area contributed by atoms with Crippen molar-refractivity contribution in [2.75, 3.05) is 18.0 Å². The summed E-state index contributed by atoms with van der Waals surface area (Å²) in [6.45, 7) is -0.0157. The molecule has 1 aromatic carbocycles. The van der Waals surface area contributed by atoms with Gasteiger partial charge in [-0.15, -0.1) is 0 Å². The van der Waals surface area contributed by atoms with Crippen LogP contribution < -0.4 is 4.90 Å². The quantitative estimate of drug-likeness (QED) is 0.791. The second kappa shape index (κ2) is 5.33. The van der Waals surface area contributed by atoms with E-state index in [1.165, 1.54) is 17.0 Å². The summed E-state index contributed by atoms with van der Waals surface area (Å²) >= 11 is 3.13. The number of rotatable bonds is 3. The molecule has 0 fully saturated rings. The SMILES string of the molecule is N#CCN(CC#N)c1ccc(Br)cc1F. The lowest BCUT2D eigenvalue weighted by atomic mass is 10.2. The van der Waals surface area contributed by atoms with Gasteiger partial charge in [-0.25, -0.2) is 4.39 Å². The van der Waals surface area contributed by atoms with Crippen LogP contribution in [0.25, 0.3) is 0 Å². The molecule has 0 saturated heterocycles. The van der Waals surface area contributed by atoms with Crippen LogP contribution in [0.5, 0.6) is 0 Å². The average molecular weight is 268 g/mol. The molecular formula is C10H7BrFN3. The fraction of sp³-hybridized carbons (Fsp3) is 0.200. The zero-order valence-electron chi connectivity index (χ0n) is 7.74. The van der Waals surface area contributed by atoms with Crippen molar-refractivity contribution in [2.45, 2.75) is 0 Å². The maximum absolute atomic E-state index is 13.5. The molecule has 0 radical (unpaired) electrons. The summed E-state index contributed by atoms with van der Waals surface area (Å²) in [6, 6.07) is 8.28. The average Bonchev–Trinajstić information content (AvgIpc) is 2.17. The molecule has 0 atom stereocenters. The summed E-state index contributed by atoms with van der Waals surface area (Å²) < 4.78 is 14.1. The fourth-order valence-corrected chi connectivity index (χ4v) is 1.47. The highest BCUT2D eigenvalue weighted by atomic mass is 79.9. The van der Waals surface area contributed by atoms with Crippen LogP contribution in [0.4, 0.5) is 10.1 Å².